The van der Waals surface area contributed by atoms with Crippen molar-refractivity contribution in [3.8, 4) is 6.07 Å². The zero-order valence-electron chi connectivity index (χ0n) is 18.6. The molecule has 0 radical (unpaired) electrons. The second-order valence-electron chi connectivity index (χ2n) is 10.7. The van der Waals surface area contributed by atoms with Crippen LogP contribution >= 0.6 is 0 Å². The average Bonchev–Trinajstić information content (AvgIpc) is 2.78. The highest BCUT2D eigenvalue weighted by Gasteiger charge is 2.36. The van der Waals surface area contributed by atoms with Gasteiger partial charge in [-0.2, -0.15) is 5.26 Å². The molecule has 158 valence electrons. The first kappa shape index (κ1) is 21.0. The first-order valence-electron chi connectivity index (χ1n) is 12.7. The van der Waals surface area contributed by atoms with Gasteiger partial charge in [-0.1, -0.05) is 76.8 Å². The molecule has 4 rings (SSSR count). The van der Waals surface area contributed by atoms with Crippen LogP contribution in [0.4, 0.5) is 0 Å². The van der Waals surface area contributed by atoms with Gasteiger partial charge in [-0.25, -0.2) is 0 Å². The van der Waals surface area contributed by atoms with E-state index in [4.69, 9.17) is 5.26 Å². The molecule has 1 aromatic carbocycles. The summed E-state index contributed by atoms with van der Waals surface area (Å²) in [6, 6.07) is 10.7. The summed E-state index contributed by atoms with van der Waals surface area (Å²) in [6.45, 7) is 2.35. The molecule has 0 amide bonds. The fourth-order valence-electron chi connectivity index (χ4n) is 7.07. The normalized spacial score (nSPS) is 34.9. The van der Waals surface area contributed by atoms with Crippen LogP contribution in [0.3, 0.4) is 0 Å². The van der Waals surface area contributed by atoms with Gasteiger partial charge >= 0.3 is 0 Å². The van der Waals surface area contributed by atoms with Gasteiger partial charge in [0.05, 0.1) is 11.6 Å². The van der Waals surface area contributed by atoms with Gasteiger partial charge in [0.1, 0.15) is 0 Å². The van der Waals surface area contributed by atoms with Gasteiger partial charge in [0, 0.05) is 0 Å². The molecule has 0 aliphatic heterocycles. The van der Waals surface area contributed by atoms with Crippen LogP contribution in [0.2, 0.25) is 0 Å². The van der Waals surface area contributed by atoms with Crippen molar-refractivity contribution in [1.82, 2.24) is 0 Å². The average molecular weight is 392 g/mol. The highest BCUT2D eigenvalue weighted by atomic mass is 14.4. The number of rotatable bonds is 6. The maximum Gasteiger partial charge on any atom is 0.0991 e. The number of fused-ring (bicyclic) bond motifs is 1. The molecule has 3 saturated carbocycles. The third-order valence-corrected chi connectivity index (χ3v) is 8.88. The summed E-state index contributed by atoms with van der Waals surface area (Å²) in [5.74, 6) is 5.83. The number of hydrogen-bond donors (Lipinski definition) is 0. The third kappa shape index (κ3) is 5.45. The van der Waals surface area contributed by atoms with Crippen molar-refractivity contribution in [3.63, 3.8) is 0 Å². The van der Waals surface area contributed by atoms with Crippen LogP contribution in [-0.4, -0.2) is 0 Å². The van der Waals surface area contributed by atoms with E-state index in [1.807, 2.05) is 12.1 Å². The summed E-state index contributed by atoms with van der Waals surface area (Å²) < 4.78 is 0. The van der Waals surface area contributed by atoms with Gasteiger partial charge in [0.2, 0.25) is 0 Å². The van der Waals surface area contributed by atoms with E-state index in [0.29, 0.717) is 0 Å². The standard InChI is InChI=1S/C28H41N/c1-2-3-21-4-6-22(7-5-21)8-9-23-10-15-28-19-27(17-16-26(28)18-23)25-13-11-24(20-29)12-14-25/h11-14,21-23,26-28H,2-10,15-19H2,1H3. The largest absolute Gasteiger partial charge is 0.192 e. The molecule has 3 aliphatic rings. The van der Waals surface area contributed by atoms with E-state index in [0.717, 1.165) is 41.1 Å². The van der Waals surface area contributed by atoms with Crippen LogP contribution < -0.4 is 0 Å². The topological polar surface area (TPSA) is 23.8 Å². The molecular formula is C28H41N. The van der Waals surface area contributed by atoms with Crippen molar-refractivity contribution in [3.05, 3.63) is 35.4 Å². The molecule has 1 aromatic rings. The highest BCUT2D eigenvalue weighted by Crippen LogP contribution is 2.48. The minimum absolute atomic E-state index is 0.735. The van der Waals surface area contributed by atoms with Gasteiger partial charge in [-0.15, -0.1) is 0 Å². The summed E-state index contributed by atoms with van der Waals surface area (Å²) in [7, 11) is 0. The monoisotopic (exact) mass is 391 g/mol. The van der Waals surface area contributed by atoms with Crippen molar-refractivity contribution in [2.75, 3.05) is 0 Å². The second-order valence-corrected chi connectivity index (χ2v) is 10.7. The Morgan fingerprint density at radius 2 is 1.31 bits per heavy atom. The number of nitrogens with zero attached hydrogens (tertiary/aromatic N) is 1. The Balaban J connectivity index is 1.20. The van der Waals surface area contributed by atoms with Gasteiger partial charge in [0.25, 0.3) is 0 Å². The van der Waals surface area contributed by atoms with E-state index in [1.54, 1.807) is 0 Å². The summed E-state index contributed by atoms with van der Waals surface area (Å²) in [5.41, 5.74) is 2.27. The van der Waals surface area contributed by atoms with Gasteiger partial charge in [-0.3, -0.25) is 0 Å². The summed E-state index contributed by atoms with van der Waals surface area (Å²) in [5, 5.41) is 9.03. The predicted octanol–water partition coefficient (Wildman–Crippen LogP) is 8.24. The Labute approximate surface area is 179 Å². The third-order valence-electron chi connectivity index (χ3n) is 8.88. The maximum absolute atomic E-state index is 9.03. The SMILES string of the molecule is CCCC1CCC(CCC2CCC3CC(c4ccc(C#N)cc4)CCC3C2)CC1. The molecule has 0 spiro atoms. The molecule has 1 heteroatoms. The Morgan fingerprint density at radius 1 is 0.724 bits per heavy atom. The van der Waals surface area contributed by atoms with E-state index in [1.165, 1.54) is 95.5 Å². The van der Waals surface area contributed by atoms with Crippen LogP contribution in [0, 0.1) is 40.9 Å². The molecule has 4 unspecified atom stereocenters. The van der Waals surface area contributed by atoms with E-state index in [-0.39, 0.29) is 0 Å². The predicted molar refractivity (Wildman–Crippen MR) is 122 cm³/mol. The van der Waals surface area contributed by atoms with Gasteiger partial charge in [0.15, 0.2) is 0 Å². The Bertz CT molecular complexity index is 661. The Morgan fingerprint density at radius 3 is 2.00 bits per heavy atom. The van der Waals surface area contributed by atoms with E-state index < -0.39 is 0 Å². The highest BCUT2D eigenvalue weighted by molar-refractivity contribution is 5.33. The van der Waals surface area contributed by atoms with E-state index in [2.05, 4.69) is 25.1 Å². The molecule has 0 bridgehead atoms. The number of hydrogen-bond acceptors (Lipinski definition) is 1. The van der Waals surface area contributed by atoms with Gasteiger partial charge < -0.3 is 0 Å². The van der Waals surface area contributed by atoms with Crippen LogP contribution in [0.5, 0.6) is 0 Å². The van der Waals surface area contributed by atoms with Crippen LogP contribution in [0.25, 0.3) is 0 Å². The van der Waals surface area contributed by atoms with Gasteiger partial charge in [-0.05, 0) is 85.3 Å². The zero-order chi connectivity index (χ0) is 20.1. The minimum atomic E-state index is 0.735. The molecule has 1 nitrogen and oxygen atoms in total. The maximum atomic E-state index is 9.03. The Hall–Kier alpha value is -1.29. The first-order chi connectivity index (χ1) is 14.2. The number of benzene rings is 1. The van der Waals surface area contributed by atoms with Crippen molar-refractivity contribution >= 4 is 0 Å². The van der Waals surface area contributed by atoms with Crippen LogP contribution in [-0.2, 0) is 0 Å². The lowest BCUT2D eigenvalue weighted by Crippen LogP contribution is -2.30. The fraction of sp³-hybridized carbons (Fsp3) is 0.750. The molecule has 0 saturated heterocycles. The van der Waals surface area contributed by atoms with E-state index >= 15 is 0 Å². The minimum Gasteiger partial charge on any atom is -0.192 e. The second kappa shape index (κ2) is 10.1. The van der Waals surface area contributed by atoms with Crippen molar-refractivity contribution < 1.29 is 0 Å². The quantitative estimate of drug-likeness (QED) is 0.479. The summed E-state index contributed by atoms with van der Waals surface area (Å²) in [6.07, 6.45) is 20.7. The molecule has 3 fully saturated rings. The smallest absolute Gasteiger partial charge is 0.0991 e. The zero-order valence-corrected chi connectivity index (χ0v) is 18.6. The first-order valence-corrected chi connectivity index (χ1v) is 12.7. The molecule has 0 heterocycles. The molecule has 3 aliphatic carbocycles. The molecule has 0 N–H and O–H groups in total. The lowest BCUT2D eigenvalue weighted by atomic mass is 9.63. The fourth-order valence-corrected chi connectivity index (χ4v) is 7.07. The number of nitriles is 1. The van der Waals surface area contributed by atoms with Crippen molar-refractivity contribution in [2.24, 2.45) is 29.6 Å². The Kier molecular flexibility index (Phi) is 7.34. The van der Waals surface area contributed by atoms with Crippen molar-refractivity contribution in [2.45, 2.75) is 103 Å². The lowest BCUT2D eigenvalue weighted by molar-refractivity contribution is 0.108. The summed E-state index contributed by atoms with van der Waals surface area (Å²) in [4.78, 5) is 0. The molecule has 0 aromatic heterocycles. The molecule has 4 atom stereocenters. The lowest BCUT2D eigenvalue weighted by Gasteiger charge is -2.43. The van der Waals surface area contributed by atoms with Crippen LogP contribution in [0.15, 0.2) is 24.3 Å². The van der Waals surface area contributed by atoms with Crippen LogP contribution in [0.1, 0.15) is 114 Å². The van der Waals surface area contributed by atoms with Crippen molar-refractivity contribution in [1.29, 1.82) is 5.26 Å². The van der Waals surface area contributed by atoms with E-state index in [9.17, 15) is 0 Å². The summed E-state index contributed by atoms with van der Waals surface area (Å²) >= 11 is 0. The molecule has 29 heavy (non-hydrogen) atoms. The molecular weight excluding hydrogens is 350 g/mol.